The van der Waals surface area contributed by atoms with E-state index in [2.05, 4.69) is 4.99 Å². The van der Waals surface area contributed by atoms with Gasteiger partial charge in [0.15, 0.2) is 16.7 Å². The lowest BCUT2D eigenvalue weighted by molar-refractivity contribution is 0.427. The van der Waals surface area contributed by atoms with E-state index in [1.54, 1.807) is 18.3 Å². The number of halogens is 2. The van der Waals surface area contributed by atoms with Crippen LogP contribution in [0.15, 0.2) is 59.4 Å². The van der Waals surface area contributed by atoms with Gasteiger partial charge in [-0.3, -0.25) is 0 Å². The van der Waals surface area contributed by atoms with Gasteiger partial charge in [-0.2, -0.15) is 0 Å². The van der Waals surface area contributed by atoms with Gasteiger partial charge in [-0.1, -0.05) is 29.8 Å². The lowest BCUT2D eigenvalue weighted by atomic mass is 10.0. The van der Waals surface area contributed by atoms with E-state index in [-0.39, 0.29) is 5.82 Å². The number of ether oxygens (including phenoxy) is 1. The van der Waals surface area contributed by atoms with Crippen LogP contribution in [0.3, 0.4) is 0 Å². The van der Waals surface area contributed by atoms with Gasteiger partial charge in [0.05, 0.1) is 0 Å². The molecule has 0 spiro atoms. The molecule has 0 fully saturated rings. The van der Waals surface area contributed by atoms with Crippen molar-refractivity contribution in [3.63, 3.8) is 0 Å². The summed E-state index contributed by atoms with van der Waals surface area (Å²) in [6.07, 6.45) is 3.34. The van der Waals surface area contributed by atoms with E-state index in [1.165, 1.54) is 6.07 Å². The maximum absolute atomic E-state index is 13.2. The first-order chi connectivity index (χ1) is 11.5. The Labute approximate surface area is 146 Å². The largest absolute Gasteiger partial charge is 0.450 e. The Kier molecular flexibility index (Phi) is 4.86. The highest BCUT2D eigenvalue weighted by Gasteiger charge is 2.18. The summed E-state index contributed by atoms with van der Waals surface area (Å²) in [5.74, 6) is 1.01. The van der Waals surface area contributed by atoms with Gasteiger partial charge < -0.3 is 9.64 Å². The number of allylic oxidation sites excluding steroid dienone is 1. The van der Waals surface area contributed by atoms with Gasteiger partial charge in [0.25, 0.3) is 0 Å². The van der Waals surface area contributed by atoms with Crippen molar-refractivity contribution < 1.29 is 9.13 Å². The summed E-state index contributed by atoms with van der Waals surface area (Å²) in [6.45, 7) is 0. The Morgan fingerprint density at radius 2 is 1.88 bits per heavy atom. The quantitative estimate of drug-likeness (QED) is 0.804. The van der Waals surface area contributed by atoms with E-state index in [1.807, 2.05) is 43.3 Å². The van der Waals surface area contributed by atoms with Crippen molar-refractivity contribution in [2.75, 3.05) is 14.1 Å². The minimum atomic E-state index is -0.206. The van der Waals surface area contributed by atoms with Crippen molar-refractivity contribution in [1.82, 2.24) is 4.90 Å². The van der Waals surface area contributed by atoms with Crippen LogP contribution in [0, 0.1) is 5.82 Å². The summed E-state index contributed by atoms with van der Waals surface area (Å²) in [5, 5.41) is 0.332. The third kappa shape index (κ3) is 3.95. The standard InChI is InChI=1S/C19H18ClFN2O/c1-23(2)12-18-19(20)22-16-11-14(8-9-17(16)24-18)7-6-13-4-3-5-15(21)10-13/h3-5,8-12H,6-7H2,1-2H3/b18-12-. The van der Waals surface area contributed by atoms with E-state index in [0.717, 1.165) is 24.0 Å². The average Bonchev–Trinajstić information content (AvgIpc) is 2.53. The summed E-state index contributed by atoms with van der Waals surface area (Å²) in [4.78, 5) is 6.26. The zero-order valence-corrected chi connectivity index (χ0v) is 14.3. The zero-order chi connectivity index (χ0) is 17.1. The Bertz CT molecular complexity index is 815. The maximum atomic E-state index is 13.2. The molecule has 0 atom stereocenters. The number of aliphatic imine (C=N–C) groups is 1. The molecule has 3 rings (SSSR count). The van der Waals surface area contributed by atoms with Crippen LogP contribution in [0.1, 0.15) is 11.1 Å². The van der Waals surface area contributed by atoms with E-state index < -0.39 is 0 Å². The van der Waals surface area contributed by atoms with Crippen molar-refractivity contribution >= 4 is 22.5 Å². The van der Waals surface area contributed by atoms with Crippen molar-refractivity contribution in [1.29, 1.82) is 0 Å². The van der Waals surface area contributed by atoms with Crippen LogP contribution in [0.2, 0.25) is 0 Å². The van der Waals surface area contributed by atoms with Gasteiger partial charge in [0.1, 0.15) is 11.5 Å². The molecule has 0 unspecified atom stereocenters. The number of rotatable bonds is 4. The molecule has 0 saturated carbocycles. The number of hydrogen-bond acceptors (Lipinski definition) is 3. The molecule has 3 nitrogen and oxygen atoms in total. The summed E-state index contributed by atoms with van der Waals surface area (Å²) in [5.41, 5.74) is 2.80. The minimum Gasteiger partial charge on any atom is -0.450 e. The fraction of sp³-hybridized carbons (Fsp3) is 0.211. The topological polar surface area (TPSA) is 24.8 Å². The third-order valence-electron chi connectivity index (χ3n) is 3.63. The normalized spacial score (nSPS) is 14.8. The molecule has 0 N–H and O–H groups in total. The second-order valence-corrected chi connectivity index (χ2v) is 6.25. The van der Waals surface area contributed by atoms with Crippen LogP contribution in [0.25, 0.3) is 0 Å². The number of fused-ring (bicyclic) bond motifs is 1. The van der Waals surface area contributed by atoms with Crippen LogP contribution >= 0.6 is 11.6 Å². The number of benzene rings is 2. The lowest BCUT2D eigenvalue weighted by Gasteiger charge is -2.18. The highest BCUT2D eigenvalue weighted by Crippen LogP contribution is 2.35. The average molecular weight is 345 g/mol. The van der Waals surface area contributed by atoms with Crippen molar-refractivity contribution in [2.24, 2.45) is 4.99 Å². The van der Waals surface area contributed by atoms with Crippen LogP contribution in [-0.4, -0.2) is 24.2 Å². The molecule has 1 heterocycles. The van der Waals surface area contributed by atoms with Gasteiger partial charge in [-0.05, 0) is 48.2 Å². The van der Waals surface area contributed by atoms with Crippen LogP contribution in [0.5, 0.6) is 5.75 Å². The molecule has 5 heteroatoms. The van der Waals surface area contributed by atoms with Crippen molar-refractivity contribution in [3.8, 4) is 5.75 Å². The third-order valence-corrected chi connectivity index (χ3v) is 3.90. The minimum absolute atomic E-state index is 0.206. The van der Waals surface area contributed by atoms with Gasteiger partial charge in [0.2, 0.25) is 0 Å². The number of aryl methyl sites for hydroxylation is 2. The molecule has 0 amide bonds. The molecular weight excluding hydrogens is 327 g/mol. The van der Waals surface area contributed by atoms with E-state index in [0.29, 0.717) is 22.4 Å². The molecule has 2 aromatic carbocycles. The van der Waals surface area contributed by atoms with Crippen molar-refractivity contribution in [2.45, 2.75) is 12.8 Å². The predicted octanol–water partition coefficient (Wildman–Crippen LogP) is 4.68. The molecule has 2 aromatic rings. The molecule has 1 aliphatic rings. The number of hydrogen-bond donors (Lipinski definition) is 0. The fourth-order valence-corrected chi connectivity index (χ4v) is 2.69. The molecule has 24 heavy (non-hydrogen) atoms. The first kappa shape index (κ1) is 16.5. The SMILES string of the molecule is CN(C)/C=C1\Oc2ccc(CCc3cccc(F)c3)cc2N=C1Cl. The van der Waals surface area contributed by atoms with Gasteiger partial charge in [0, 0.05) is 20.3 Å². The van der Waals surface area contributed by atoms with Gasteiger partial charge in [-0.25, -0.2) is 9.38 Å². The molecule has 0 radical (unpaired) electrons. The molecular formula is C19H18ClFN2O. The Balaban J connectivity index is 1.76. The van der Waals surface area contributed by atoms with Crippen molar-refractivity contribution in [3.05, 3.63) is 71.4 Å². The van der Waals surface area contributed by atoms with Crippen LogP contribution in [-0.2, 0) is 12.8 Å². The van der Waals surface area contributed by atoms with E-state index in [4.69, 9.17) is 16.3 Å². The first-order valence-electron chi connectivity index (χ1n) is 7.69. The van der Waals surface area contributed by atoms with E-state index >= 15 is 0 Å². The number of nitrogens with zero attached hydrogens (tertiary/aromatic N) is 2. The Hall–Kier alpha value is -2.33. The first-order valence-corrected chi connectivity index (χ1v) is 8.07. The Morgan fingerprint density at radius 1 is 1.12 bits per heavy atom. The summed E-state index contributed by atoms with van der Waals surface area (Å²) in [6, 6.07) is 12.5. The summed E-state index contributed by atoms with van der Waals surface area (Å²) < 4.78 is 19.0. The second-order valence-electron chi connectivity index (χ2n) is 5.89. The van der Waals surface area contributed by atoms with Crippen LogP contribution < -0.4 is 4.74 Å². The highest BCUT2D eigenvalue weighted by atomic mass is 35.5. The highest BCUT2D eigenvalue weighted by molar-refractivity contribution is 6.69. The zero-order valence-electron chi connectivity index (χ0n) is 13.6. The monoisotopic (exact) mass is 344 g/mol. The smallest absolute Gasteiger partial charge is 0.180 e. The molecule has 124 valence electrons. The Morgan fingerprint density at radius 3 is 2.58 bits per heavy atom. The predicted molar refractivity (Wildman–Crippen MR) is 95.6 cm³/mol. The molecule has 0 bridgehead atoms. The summed E-state index contributed by atoms with van der Waals surface area (Å²) in [7, 11) is 3.79. The molecule has 0 saturated heterocycles. The van der Waals surface area contributed by atoms with E-state index in [9.17, 15) is 4.39 Å². The molecule has 0 aliphatic carbocycles. The summed E-state index contributed by atoms with van der Waals surface area (Å²) >= 11 is 6.19. The van der Waals surface area contributed by atoms with Gasteiger partial charge in [-0.15, -0.1) is 0 Å². The lowest BCUT2D eigenvalue weighted by Crippen LogP contribution is -2.13. The molecule has 0 aromatic heterocycles. The van der Waals surface area contributed by atoms with Crippen LogP contribution in [0.4, 0.5) is 10.1 Å². The van der Waals surface area contributed by atoms with Gasteiger partial charge >= 0.3 is 0 Å². The second kappa shape index (κ2) is 7.05. The molecule has 1 aliphatic heterocycles. The maximum Gasteiger partial charge on any atom is 0.180 e. The fourth-order valence-electron chi connectivity index (χ4n) is 2.51.